The summed E-state index contributed by atoms with van der Waals surface area (Å²) in [5.41, 5.74) is 2.22. The van der Waals surface area contributed by atoms with E-state index >= 15 is 0 Å². The Labute approximate surface area is 125 Å². The van der Waals surface area contributed by atoms with Crippen molar-refractivity contribution in [3.63, 3.8) is 0 Å². The van der Waals surface area contributed by atoms with Gasteiger partial charge in [0.1, 0.15) is 0 Å². The standard InChI is InChI=1S/C15H15BrN2O2/c1-10(18(19)20)6-14-7-12-4-5-13(16)8-15(12)17(14)9-11-2-3-11/h4-8,11H,2-3,9H2,1H3. The quantitative estimate of drug-likeness (QED) is 0.612. The molecule has 3 rings (SSSR count). The second-order valence-corrected chi connectivity index (χ2v) is 6.28. The van der Waals surface area contributed by atoms with Gasteiger partial charge in [-0.3, -0.25) is 10.1 Å². The molecule has 1 saturated carbocycles. The van der Waals surface area contributed by atoms with E-state index in [2.05, 4.69) is 26.6 Å². The maximum absolute atomic E-state index is 10.8. The lowest BCUT2D eigenvalue weighted by Crippen LogP contribution is -2.03. The van der Waals surface area contributed by atoms with Gasteiger partial charge in [-0.05, 0) is 37.0 Å². The molecule has 0 radical (unpaired) electrons. The number of nitrogens with zero attached hydrogens (tertiary/aromatic N) is 2. The highest BCUT2D eigenvalue weighted by Gasteiger charge is 2.23. The third kappa shape index (κ3) is 2.63. The minimum absolute atomic E-state index is 0.170. The Morgan fingerprint density at radius 2 is 2.25 bits per heavy atom. The van der Waals surface area contributed by atoms with Crippen LogP contribution in [0.1, 0.15) is 25.5 Å². The first kappa shape index (κ1) is 13.4. The van der Waals surface area contributed by atoms with Gasteiger partial charge in [-0.1, -0.05) is 22.0 Å². The number of benzene rings is 1. The van der Waals surface area contributed by atoms with Crippen LogP contribution in [0.5, 0.6) is 0 Å². The largest absolute Gasteiger partial charge is 0.340 e. The van der Waals surface area contributed by atoms with Gasteiger partial charge in [0.2, 0.25) is 5.70 Å². The average Bonchev–Trinajstić information content (AvgIpc) is 3.15. The van der Waals surface area contributed by atoms with Gasteiger partial charge in [-0.15, -0.1) is 0 Å². The van der Waals surface area contributed by atoms with Crippen molar-refractivity contribution in [2.75, 3.05) is 0 Å². The van der Waals surface area contributed by atoms with Crippen molar-refractivity contribution in [1.29, 1.82) is 0 Å². The normalized spacial score (nSPS) is 15.8. The van der Waals surface area contributed by atoms with Gasteiger partial charge in [-0.25, -0.2) is 0 Å². The molecule has 1 aromatic heterocycles. The van der Waals surface area contributed by atoms with Crippen LogP contribution in [0.25, 0.3) is 17.0 Å². The van der Waals surface area contributed by atoms with Gasteiger partial charge in [0.15, 0.2) is 0 Å². The highest BCUT2D eigenvalue weighted by molar-refractivity contribution is 9.10. The molecule has 5 heteroatoms. The van der Waals surface area contributed by atoms with Crippen molar-refractivity contribution in [2.24, 2.45) is 5.92 Å². The summed E-state index contributed by atoms with van der Waals surface area (Å²) in [5, 5.41) is 12.0. The number of fused-ring (bicyclic) bond motifs is 1. The number of aromatic nitrogens is 1. The molecule has 4 nitrogen and oxygen atoms in total. The molecule has 104 valence electrons. The Kier molecular flexibility index (Phi) is 3.38. The minimum Gasteiger partial charge on any atom is -0.340 e. The third-order valence-electron chi connectivity index (χ3n) is 3.68. The smallest absolute Gasteiger partial charge is 0.245 e. The van der Waals surface area contributed by atoms with Crippen LogP contribution in [-0.4, -0.2) is 9.49 Å². The summed E-state index contributed by atoms with van der Waals surface area (Å²) in [5.74, 6) is 0.715. The minimum atomic E-state index is -0.338. The van der Waals surface area contributed by atoms with Crippen molar-refractivity contribution < 1.29 is 4.92 Å². The van der Waals surface area contributed by atoms with Crippen LogP contribution >= 0.6 is 15.9 Å². The number of hydrogen-bond donors (Lipinski definition) is 0. The van der Waals surface area contributed by atoms with Crippen molar-refractivity contribution in [3.8, 4) is 0 Å². The zero-order valence-electron chi connectivity index (χ0n) is 11.2. The van der Waals surface area contributed by atoms with Gasteiger partial charge in [0, 0.05) is 40.6 Å². The van der Waals surface area contributed by atoms with E-state index in [1.165, 1.54) is 19.8 Å². The van der Waals surface area contributed by atoms with E-state index in [0.717, 1.165) is 27.6 Å². The first-order valence-electron chi connectivity index (χ1n) is 6.66. The Hall–Kier alpha value is -1.62. The molecule has 20 heavy (non-hydrogen) atoms. The maximum atomic E-state index is 10.8. The molecule has 0 amide bonds. The molecule has 0 aliphatic heterocycles. The summed E-state index contributed by atoms with van der Waals surface area (Å²) < 4.78 is 3.23. The van der Waals surface area contributed by atoms with E-state index in [1.54, 1.807) is 6.08 Å². The van der Waals surface area contributed by atoms with E-state index in [9.17, 15) is 10.1 Å². The van der Waals surface area contributed by atoms with E-state index in [0.29, 0.717) is 5.92 Å². The fourth-order valence-electron chi connectivity index (χ4n) is 2.40. The topological polar surface area (TPSA) is 48.1 Å². The fraction of sp³-hybridized carbons (Fsp3) is 0.333. The fourth-order valence-corrected chi connectivity index (χ4v) is 2.75. The van der Waals surface area contributed by atoms with Crippen LogP contribution in [0.4, 0.5) is 0 Å². The molecule has 0 spiro atoms. The van der Waals surface area contributed by atoms with Crippen LogP contribution in [0.15, 0.2) is 34.4 Å². The van der Waals surface area contributed by atoms with Crippen LogP contribution in [0, 0.1) is 16.0 Å². The molecule has 1 aliphatic carbocycles. The number of allylic oxidation sites excluding steroid dienone is 1. The Balaban J connectivity index is 2.13. The molecule has 1 aromatic carbocycles. The number of nitro groups is 1. The molecular formula is C15H15BrN2O2. The highest BCUT2D eigenvalue weighted by atomic mass is 79.9. The molecule has 0 bridgehead atoms. The summed E-state index contributed by atoms with van der Waals surface area (Å²) in [4.78, 5) is 10.5. The van der Waals surface area contributed by atoms with Gasteiger partial charge >= 0.3 is 0 Å². The third-order valence-corrected chi connectivity index (χ3v) is 4.17. The van der Waals surface area contributed by atoms with Crippen molar-refractivity contribution in [3.05, 3.63) is 50.2 Å². The van der Waals surface area contributed by atoms with Gasteiger partial charge in [0.25, 0.3) is 0 Å². The van der Waals surface area contributed by atoms with Crippen molar-refractivity contribution >= 4 is 32.9 Å². The second-order valence-electron chi connectivity index (χ2n) is 5.37. The predicted octanol–water partition coefficient (Wildman–Crippen LogP) is 4.45. The Bertz CT molecular complexity index is 714. The Morgan fingerprint density at radius 3 is 2.90 bits per heavy atom. The molecule has 0 saturated heterocycles. The Morgan fingerprint density at radius 1 is 1.50 bits per heavy atom. The summed E-state index contributed by atoms with van der Waals surface area (Å²) in [6, 6.07) is 8.15. The summed E-state index contributed by atoms with van der Waals surface area (Å²) in [6.07, 6.45) is 4.17. The zero-order valence-corrected chi connectivity index (χ0v) is 12.8. The monoisotopic (exact) mass is 334 g/mol. The number of hydrogen-bond acceptors (Lipinski definition) is 2. The van der Waals surface area contributed by atoms with E-state index in [4.69, 9.17) is 0 Å². The van der Waals surface area contributed by atoms with Crippen LogP contribution in [-0.2, 0) is 6.54 Å². The highest BCUT2D eigenvalue weighted by Crippen LogP contribution is 2.34. The van der Waals surface area contributed by atoms with Gasteiger partial charge < -0.3 is 4.57 Å². The second kappa shape index (κ2) is 5.05. The lowest BCUT2D eigenvalue weighted by Gasteiger charge is -2.07. The molecular weight excluding hydrogens is 320 g/mol. The first-order chi connectivity index (χ1) is 9.54. The summed E-state index contributed by atoms with van der Waals surface area (Å²) in [6.45, 7) is 2.48. The zero-order chi connectivity index (χ0) is 14.3. The SMILES string of the molecule is CC(=Cc1cc2ccc(Br)cc2n1CC1CC1)[N+](=O)[O-]. The summed E-state index contributed by atoms with van der Waals surface area (Å²) >= 11 is 3.49. The van der Waals surface area contributed by atoms with Gasteiger partial charge in [0.05, 0.1) is 4.92 Å². The number of halogens is 1. The van der Waals surface area contributed by atoms with E-state index < -0.39 is 0 Å². The van der Waals surface area contributed by atoms with Crippen LogP contribution in [0.2, 0.25) is 0 Å². The summed E-state index contributed by atoms with van der Waals surface area (Å²) in [7, 11) is 0. The lowest BCUT2D eigenvalue weighted by molar-refractivity contribution is -0.422. The maximum Gasteiger partial charge on any atom is 0.245 e. The predicted molar refractivity (Wildman–Crippen MR) is 83.0 cm³/mol. The molecule has 1 heterocycles. The molecule has 1 fully saturated rings. The van der Waals surface area contributed by atoms with E-state index in [-0.39, 0.29) is 10.6 Å². The van der Waals surface area contributed by atoms with Crippen molar-refractivity contribution in [2.45, 2.75) is 26.3 Å². The number of rotatable bonds is 4. The van der Waals surface area contributed by atoms with Crippen LogP contribution in [0.3, 0.4) is 0 Å². The van der Waals surface area contributed by atoms with E-state index in [1.807, 2.05) is 18.2 Å². The molecule has 1 aliphatic rings. The molecule has 0 unspecified atom stereocenters. The molecule has 0 atom stereocenters. The van der Waals surface area contributed by atoms with Crippen molar-refractivity contribution in [1.82, 2.24) is 4.57 Å². The molecule has 0 N–H and O–H groups in total. The van der Waals surface area contributed by atoms with Crippen LogP contribution < -0.4 is 0 Å². The van der Waals surface area contributed by atoms with Gasteiger partial charge in [-0.2, -0.15) is 0 Å². The molecule has 2 aromatic rings. The average molecular weight is 335 g/mol. The first-order valence-corrected chi connectivity index (χ1v) is 7.45. The lowest BCUT2D eigenvalue weighted by atomic mass is 10.2.